The maximum atomic E-state index is 13.7. The van der Waals surface area contributed by atoms with Crippen LogP contribution in [0, 0.1) is 5.92 Å². The molecule has 0 atom stereocenters. The summed E-state index contributed by atoms with van der Waals surface area (Å²) in [7, 11) is 0. The second-order valence-corrected chi connectivity index (χ2v) is 9.67. The van der Waals surface area contributed by atoms with Crippen molar-refractivity contribution in [2.75, 3.05) is 19.6 Å². The number of fused-ring (bicyclic) bond motifs is 1. The van der Waals surface area contributed by atoms with E-state index in [1.807, 2.05) is 29.2 Å². The summed E-state index contributed by atoms with van der Waals surface area (Å²) in [6, 6.07) is 13.7. The number of imide groups is 1. The van der Waals surface area contributed by atoms with Crippen molar-refractivity contribution in [3.8, 4) is 0 Å². The van der Waals surface area contributed by atoms with Gasteiger partial charge in [0.2, 0.25) is 0 Å². The third-order valence-corrected chi connectivity index (χ3v) is 6.97. The molecule has 33 heavy (non-hydrogen) atoms. The van der Waals surface area contributed by atoms with Gasteiger partial charge in [-0.05, 0) is 42.5 Å². The Balaban J connectivity index is 1.34. The quantitative estimate of drug-likeness (QED) is 0.582. The molecule has 0 aliphatic carbocycles. The highest BCUT2D eigenvalue weighted by atomic mass is 16.2. The highest BCUT2D eigenvalue weighted by Gasteiger charge is 2.57. The molecule has 7 nitrogen and oxygen atoms in total. The lowest BCUT2D eigenvalue weighted by Gasteiger charge is -2.42. The third-order valence-electron chi connectivity index (χ3n) is 6.97. The highest BCUT2D eigenvalue weighted by molar-refractivity contribution is 6.07. The lowest BCUT2D eigenvalue weighted by Crippen LogP contribution is -2.57. The molecule has 1 spiro atoms. The van der Waals surface area contributed by atoms with Crippen LogP contribution in [0.5, 0.6) is 0 Å². The minimum Gasteiger partial charge on any atom is -0.361 e. The van der Waals surface area contributed by atoms with Gasteiger partial charge < -0.3 is 9.88 Å². The van der Waals surface area contributed by atoms with Gasteiger partial charge in [0.25, 0.3) is 5.91 Å². The van der Waals surface area contributed by atoms with E-state index in [1.54, 1.807) is 6.20 Å². The fraction of sp³-hybridized carbons (Fsp3) is 0.423. The van der Waals surface area contributed by atoms with Crippen LogP contribution in [-0.2, 0) is 17.9 Å². The minimum atomic E-state index is -0.743. The van der Waals surface area contributed by atoms with Crippen LogP contribution in [0.2, 0.25) is 0 Å². The van der Waals surface area contributed by atoms with Crippen molar-refractivity contribution in [1.29, 1.82) is 0 Å². The summed E-state index contributed by atoms with van der Waals surface area (Å²) in [5, 5.41) is 1.24. The van der Waals surface area contributed by atoms with E-state index >= 15 is 0 Å². The van der Waals surface area contributed by atoms with Gasteiger partial charge in [-0.15, -0.1) is 0 Å². The number of urea groups is 1. The molecular formula is C26H31N5O2. The van der Waals surface area contributed by atoms with Crippen molar-refractivity contribution < 1.29 is 9.59 Å². The number of piperidine rings is 1. The van der Waals surface area contributed by atoms with Crippen molar-refractivity contribution >= 4 is 22.8 Å². The zero-order valence-electron chi connectivity index (χ0n) is 19.3. The molecule has 2 fully saturated rings. The van der Waals surface area contributed by atoms with Crippen molar-refractivity contribution in [2.45, 2.75) is 45.3 Å². The molecule has 0 bridgehead atoms. The molecule has 3 amide bonds. The van der Waals surface area contributed by atoms with Crippen LogP contribution in [-0.4, -0.2) is 61.8 Å². The summed E-state index contributed by atoms with van der Waals surface area (Å²) in [6.45, 7) is 7.41. The molecule has 0 saturated carbocycles. The fourth-order valence-electron chi connectivity index (χ4n) is 5.26. The standard InChI is InChI=1S/C26H31N5O2/c1-19(2)16-31-25(33)30(18-21-7-5-6-12-27-21)24(32)26(31)10-13-29(14-11-26)17-20-15-28-23-9-4-3-8-22(20)23/h3-9,12,15,19,28H,10-11,13-14,16-18H2,1-2H3. The number of rotatable bonds is 6. The summed E-state index contributed by atoms with van der Waals surface area (Å²) < 4.78 is 0. The Morgan fingerprint density at radius 1 is 1.03 bits per heavy atom. The molecule has 2 aliphatic rings. The molecular weight excluding hydrogens is 414 g/mol. The summed E-state index contributed by atoms with van der Waals surface area (Å²) >= 11 is 0. The summed E-state index contributed by atoms with van der Waals surface area (Å²) in [5.74, 6) is 0.225. The number of H-pyrrole nitrogens is 1. The lowest BCUT2D eigenvalue weighted by molar-refractivity contribution is -0.136. The first-order valence-electron chi connectivity index (χ1n) is 11.8. The van der Waals surface area contributed by atoms with Crippen LogP contribution in [0.3, 0.4) is 0 Å². The number of carbonyl (C=O) groups is 2. The van der Waals surface area contributed by atoms with Crippen molar-refractivity contribution in [3.05, 3.63) is 66.1 Å². The molecule has 2 aliphatic heterocycles. The second kappa shape index (κ2) is 8.63. The lowest BCUT2D eigenvalue weighted by atomic mass is 9.85. The monoisotopic (exact) mass is 445 g/mol. The smallest absolute Gasteiger partial charge is 0.328 e. The third kappa shape index (κ3) is 3.91. The summed E-state index contributed by atoms with van der Waals surface area (Å²) in [5.41, 5.74) is 2.40. The van der Waals surface area contributed by atoms with E-state index in [9.17, 15) is 9.59 Å². The SMILES string of the molecule is CC(C)CN1C(=O)N(Cc2ccccn2)C(=O)C12CCN(Cc1c[nH]c3ccccc13)CC2. The Kier molecular flexibility index (Phi) is 5.66. The normalized spacial score (nSPS) is 18.9. The molecule has 0 radical (unpaired) electrons. The Labute approximate surface area is 194 Å². The van der Waals surface area contributed by atoms with Crippen LogP contribution in [0.1, 0.15) is 37.9 Å². The Bertz CT molecular complexity index is 1150. The predicted molar refractivity (Wildman–Crippen MR) is 127 cm³/mol. The van der Waals surface area contributed by atoms with Gasteiger partial charge >= 0.3 is 6.03 Å². The molecule has 2 saturated heterocycles. The van der Waals surface area contributed by atoms with E-state index in [4.69, 9.17) is 0 Å². The fourth-order valence-corrected chi connectivity index (χ4v) is 5.26. The number of likely N-dealkylation sites (tertiary alicyclic amines) is 1. The van der Waals surface area contributed by atoms with Crippen LogP contribution in [0.4, 0.5) is 4.79 Å². The number of hydrogen-bond donors (Lipinski definition) is 1. The van der Waals surface area contributed by atoms with Crippen molar-refractivity contribution in [3.63, 3.8) is 0 Å². The van der Waals surface area contributed by atoms with Gasteiger partial charge in [0, 0.05) is 49.5 Å². The molecule has 3 aromatic rings. The summed E-state index contributed by atoms with van der Waals surface area (Å²) in [6.07, 6.45) is 5.10. The zero-order valence-corrected chi connectivity index (χ0v) is 19.3. The molecule has 4 heterocycles. The van der Waals surface area contributed by atoms with E-state index in [0.717, 1.165) is 30.8 Å². The van der Waals surface area contributed by atoms with Crippen molar-refractivity contribution in [1.82, 2.24) is 24.7 Å². The first kappa shape index (κ1) is 21.6. The Hall–Kier alpha value is -3.19. The number of aromatic nitrogens is 2. The first-order valence-corrected chi connectivity index (χ1v) is 11.8. The number of pyridine rings is 1. The molecule has 5 rings (SSSR count). The molecule has 2 aromatic heterocycles. The second-order valence-electron chi connectivity index (χ2n) is 9.67. The molecule has 1 N–H and O–H groups in total. The average molecular weight is 446 g/mol. The average Bonchev–Trinajstić information content (AvgIpc) is 3.31. The van der Waals surface area contributed by atoms with Gasteiger partial charge in [0.05, 0.1) is 12.2 Å². The Morgan fingerprint density at radius 3 is 2.52 bits per heavy atom. The summed E-state index contributed by atoms with van der Waals surface area (Å²) in [4.78, 5) is 40.4. The Morgan fingerprint density at radius 2 is 1.79 bits per heavy atom. The van der Waals surface area contributed by atoms with Gasteiger partial charge in [0.15, 0.2) is 0 Å². The largest absolute Gasteiger partial charge is 0.361 e. The van der Waals surface area contributed by atoms with Crippen LogP contribution in [0.25, 0.3) is 10.9 Å². The van der Waals surface area contributed by atoms with E-state index in [1.165, 1.54) is 15.8 Å². The van der Waals surface area contributed by atoms with Crippen LogP contribution < -0.4 is 0 Å². The maximum absolute atomic E-state index is 13.7. The number of aromatic amines is 1. The van der Waals surface area contributed by atoms with Gasteiger partial charge in [-0.2, -0.15) is 0 Å². The van der Waals surface area contributed by atoms with Gasteiger partial charge in [-0.25, -0.2) is 4.79 Å². The van der Waals surface area contributed by atoms with Gasteiger partial charge in [-0.1, -0.05) is 38.1 Å². The maximum Gasteiger partial charge on any atom is 0.328 e. The highest BCUT2D eigenvalue weighted by Crippen LogP contribution is 2.39. The molecule has 7 heteroatoms. The van der Waals surface area contributed by atoms with Gasteiger partial charge in [0.1, 0.15) is 5.54 Å². The molecule has 1 aromatic carbocycles. The van der Waals surface area contributed by atoms with E-state index < -0.39 is 5.54 Å². The molecule has 0 unspecified atom stereocenters. The van der Waals surface area contributed by atoms with Gasteiger partial charge in [-0.3, -0.25) is 19.6 Å². The molecule has 172 valence electrons. The number of para-hydroxylation sites is 1. The van der Waals surface area contributed by atoms with E-state index in [-0.39, 0.29) is 24.4 Å². The van der Waals surface area contributed by atoms with Crippen LogP contribution in [0.15, 0.2) is 54.9 Å². The number of hydrogen-bond acceptors (Lipinski definition) is 4. The van der Waals surface area contributed by atoms with E-state index in [0.29, 0.717) is 19.4 Å². The number of carbonyl (C=O) groups excluding carboxylic acids is 2. The minimum absolute atomic E-state index is 0.0643. The van der Waals surface area contributed by atoms with Crippen molar-refractivity contribution in [2.24, 2.45) is 5.92 Å². The topological polar surface area (TPSA) is 72.5 Å². The number of amides is 3. The van der Waals surface area contributed by atoms with E-state index in [2.05, 4.69) is 53.1 Å². The first-order chi connectivity index (χ1) is 16.0. The predicted octanol–water partition coefficient (Wildman–Crippen LogP) is 4.02. The number of nitrogens with one attached hydrogen (secondary N) is 1. The number of nitrogens with zero attached hydrogens (tertiary/aromatic N) is 4. The zero-order chi connectivity index (χ0) is 23.0. The van der Waals surface area contributed by atoms with Crippen LogP contribution >= 0.6 is 0 Å². The number of benzene rings is 1.